The summed E-state index contributed by atoms with van der Waals surface area (Å²) < 4.78 is 5.09. The average Bonchev–Trinajstić information content (AvgIpc) is 2.17. The Morgan fingerprint density at radius 3 is 2.20 bits per heavy atom. The molecule has 1 aromatic carbocycles. The molecule has 0 aliphatic rings. The first-order valence-corrected chi connectivity index (χ1v) is 5.14. The van der Waals surface area contributed by atoms with Crippen LogP contribution < -0.4 is 4.74 Å². The smallest absolute Gasteiger partial charge is 0.118 e. The molecule has 1 nitrogen and oxygen atoms in total. The molecule has 0 heterocycles. The predicted molar refractivity (Wildman–Crippen MR) is 63.9 cm³/mol. The summed E-state index contributed by atoms with van der Waals surface area (Å²) in [5.41, 5.74) is 1.32. The molecule has 1 heteroatoms. The van der Waals surface area contributed by atoms with Gasteiger partial charge in [0.25, 0.3) is 0 Å². The number of hydrogen-bond donors (Lipinski definition) is 0. The number of ether oxygens (including phenoxy) is 1. The molecule has 0 atom stereocenters. The lowest BCUT2D eigenvalue weighted by atomic mass is 9.97. The van der Waals surface area contributed by atoms with Crippen molar-refractivity contribution in [2.75, 3.05) is 7.11 Å². The third-order valence-electron chi connectivity index (χ3n) is 1.91. The fraction of sp³-hybridized carbons (Fsp3) is 0.429. The van der Waals surface area contributed by atoms with Gasteiger partial charge in [0.15, 0.2) is 0 Å². The van der Waals surface area contributed by atoms with Crippen LogP contribution in [-0.4, -0.2) is 7.11 Å². The van der Waals surface area contributed by atoms with Crippen molar-refractivity contribution in [1.29, 1.82) is 0 Å². The molecule has 0 N–H and O–H groups in total. The lowest BCUT2D eigenvalue weighted by Gasteiger charge is -2.06. The van der Waals surface area contributed by atoms with Crippen molar-refractivity contribution >= 4 is 0 Å². The molecule has 1 rings (SSSR count). The van der Waals surface area contributed by atoms with Crippen LogP contribution >= 0.6 is 0 Å². The molecule has 0 saturated carbocycles. The number of benzene rings is 1. The van der Waals surface area contributed by atoms with Crippen LogP contribution in [0.1, 0.15) is 26.3 Å². The standard InChI is InChI=1S/C14H18O/c1-14(2,3)11-5-6-12-7-9-13(15-4)10-8-12/h7-10H,6H2,1-4H3. The minimum absolute atomic E-state index is 0.0898. The van der Waals surface area contributed by atoms with Gasteiger partial charge < -0.3 is 4.74 Å². The van der Waals surface area contributed by atoms with Crippen LogP contribution in [0.2, 0.25) is 0 Å². The van der Waals surface area contributed by atoms with Crippen molar-refractivity contribution in [3.8, 4) is 17.6 Å². The SMILES string of the molecule is COc1ccc(CC#CC(C)(C)C)cc1. The average molecular weight is 202 g/mol. The normalized spacial score (nSPS) is 10.4. The van der Waals surface area contributed by atoms with Crippen LogP contribution in [0.25, 0.3) is 0 Å². The summed E-state index contributed by atoms with van der Waals surface area (Å²) >= 11 is 0. The molecular weight excluding hydrogens is 184 g/mol. The van der Waals surface area contributed by atoms with Gasteiger partial charge in [0.1, 0.15) is 5.75 Å². The van der Waals surface area contributed by atoms with Gasteiger partial charge in [0.2, 0.25) is 0 Å². The first-order chi connectivity index (χ1) is 7.01. The molecule has 0 fully saturated rings. The van der Waals surface area contributed by atoms with Gasteiger partial charge in [-0.2, -0.15) is 0 Å². The molecule has 0 aromatic heterocycles. The Kier molecular flexibility index (Phi) is 3.80. The summed E-state index contributed by atoms with van der Waals surface area (Å²) in [5, 5.41) is 0. The van der Waals surface area contributed by atoms with Gasteiger partial charge in [-0.15, -0.1) is 0 Å². The van der Waals surface area contributed by atoms with E-state index in [1.807, 2.05) is 12.1 Å². The maximum Gasteiger partial charge on any atom is 0.118 e. The third kappa shape index (κ3) is 4.56. The lowest BCUT2D eigenvalue weighted by molar-refractivity contribution is 0.414. The Morgan fingerprint density at radius 2 is 1.73 bits per heavy atom. The van der Waals surface area contributed by atoms with Gasteiger partial charge in [0, 0.05) is 11.8 Å². The quantitative estimate of drug-likeness (QED) is 0.669. The van der Waals surface area contributed by atoms with Crippen LogP contribution in [0, 0.1) is 17.3 Å². The molecular formula is C14H18O. The maximum atomic E-state index is 5.09. The van der Waals surface area contributed by atoms with Gasteiger partial charge in [-0.25, -0.2) is 0 Å². The van der Waals surface area contributed by atoms with Gasteiger partial charge in [-0.05, 0) is 38.5 Å². The summed E-state index contributed by atoms with van der Waals surface area (Å²) in [6.07, 6.45) is 0.807. The molecule has 0 radical (unpaired) electrons. The molecule has 1 aromatic rings. The van der Waals surface area contributed by atoms with Crippen LogP contribution in [0.4, 0.5) is 0 Å². The molecule has 0 aliphatic heterocycles. The zero-order valence-corrected chi connectivity index (χ0v) is 9.92. The lowest BCUT2D eigenvalue weighted by Crippen LogP contribution is -1.99. The summed E-state index contributed by atoms with van der Waals surface area (Å²) in [4.78, 5) is 0. The Morgan fingerprint density at radius 1 is 1.13 bits per heavy atom. The number of hydrogen-bond acceptors (Lipinski definition) is 1. The van der Waals surface area contributed by atoms with E-state index in [-0.39, 0.29) is 5.41 Å². The molecule has 0 aliphatic carbocycles. The Bertz CT molecular complexity index is 357. The molecule has 15 heavy (non-hydrogen) atoms. The van der Waals surface area contributed by atoms with E-state index in [0.29, 0.717) is 0 Å². The second kappa shape index (κ2) is 4.89. The van der Waals surface area contributed by atoms with Gasteiger partial charge in [-0.1, -0.05) is 24.0 Å². The minimum atomic E-state index is 0.0898. The van der Waals surface area contributed by atoms with E-state index in [4.69, 9.17) is 4.74 Å². The monoisotopic (exact) mass is 202 g/mol. The third-order valence-corrected chi connectivity index (χ3v) is 1.91. The van der Waals surface area contributed by atoms with Crippen molar-refractivity contribution in [2.45, 2.75) is 27.2 Å². The summed E-state index contributed by atoms with van der Waals surface area (Å²) in [6.45, 7) is 6.36. The zero-order valence-electron chi connectivity index (χ0n) is 9.92. The Balaban J connectivity index is 2.61. The highest BCUT2D eigenvalue weighted by atomic mass is 16.5. The van der Waals surface area contributed by atoms with Crippen molar-refractivity contribution in [1.82, 2.24) is 0 Å². The molecule has 0 unspecified atom stereocenters. The second-order valence-electron chi connectivity index (χ2n) is 4.58. The van der Waals surface area contributed by atoms with E-state index >= 15 is 0 Å². The van der Waals surface area contributed by atoms with Gasteiger partial charge in [0.05, 0.1) is 7.11 Å². The van der Waals surface area contributed by atoms with Gasteiger partial charge in [-0.3, -0.25) is 0 Å². The summed E-state index contributed by atoms with van der Waals surface area (Å²) in [7, 11) is 1.68. The molecule has 0 spiro atoms. The van der Waals surface area contributed by atoms with Crippen LogP contribution in [0.15, 0.2) is 24.3 Å². The number of methoxy groups -OCH3 is 1. The zero-order chi connectivity index (χ0) is 11.3. The van der Waals surface area contributed by atoms with Crippen molar-refractivity contribution in [2.24, 2.45) is 5.41 Å². The van der Waals surface area contributed by atoms with Crippen LogP contribution in [0.5, 0.6) is 5.75 Å². The van der Waals surface area contributed by atoms with E-state index < -0.39 is 0 Å². The largest absolute Gasteiger partial charge is 0.497 e. The Labute approximate surface area is 92.5 Å². The molecule has 0 amide bonds. The van der Waals surface area contributed by atoms with E-state index in [0.717, 1.165) is 12.2 Å². The van der Waals surface area contributed by atoms with Crippen LogP contribution in [0.3, 0.4) is 0 Å². The van der Waals surface area contributed by atoms with Crippen molar-refractivity contribution in [3.05, 3.63) is 29.8 Å². The topological polar surface area (TPSA) is 9.23 Å². The molecule has 0 bridgehead atoms. The van der Waals surface area contributed by atoms with Crippen LogP contribution in [-0.2, 0) is 6.42 Å². The van der Waals surface area contributed by atoms with E-state index in [9.17, 15) is 0 Å². The van der Waals surface area contributed by atoms with E-state index in [1.54, 1.807) is 7.11 Å². The summed E-state index contributed by atoms with van der Waals surface area (Å²) in [5.74, 6) is 7.30. The summed E-state index contributed by atoms with van der Waals surface area (Å²) in [6, 6.07) is 8.04. The highest BCUT2D eigenvalue weighted by molar-refractivity contribution is 5.29. The predicted octanol–water partition coefficient (Wildman–Crippen LogP) is 3.29. The highest BCUT2D eigenvalue weighted by Crippen LogP contribution is 2.12. The molecule has 0 saturated heterocycles. The van der Waals surface area contributed by atoms with E-state index in [1.165, 1.54) is 5.56 Å². The van der Waals surface area contributed by atoms with Gasteiger partial charge >= 0.3 is 0 Å². The second-order valence-corrected chi connectivity index (χ2v) is 4.58. The van der Waals surface area contributed by atoms with Crippen molar-refractivity contribution in [3.63, 3.8) is 0 Å². The highest BCUT2D eigenvalue weighted by Gasteiger charge is 2.02. The number of rotatable bonds is 2. The fourth-order valence-corrected chi connectivity index (χ4v) is 1.15. The van der Waals surface area contributed by atoms with Crippen molar-refractivity contribution < 1.29 is 4.74 Å². The maximum absolute atomic E-state index is 5.09. The van der Waals surface area contributed by atoms with E-state index in [2.05, 4.69) is 44.7 Å². The Hall–Kier alpha value is -1.42. The molecule has 80 valence electrons. The first-order valence-electron chi connectivity index (χ1n) is 5.14. The first kappa shape index (κ1) is 11.7. The minimum Gasteiger partial charge on any atom is -0.497 e. The fourth-order valence-electron chi connectivity index (χ4n) is 1.15.